The molecule has 0 saturated carbocycles. The van der Waals surface area contributed by atoms with Crippen LogP contribution in [0.2, 0.25) is 0 Å². The molecule has 0 radical (unpaired) electrons. The second-order valence-electron chi connectivity index (χ2n) is 5.45. The van der Waals surface area contributed by atoms with Crippen molar-refractivity contribution < 1.29 is 9.59 Å². The molecule has 0 aromatic heterocycles. The molecular weight excluding hydrogens is 276 g/mol. The van der Waals surface area contributed by atoms with E-state index in [0.29, 0.717) is 13.1 Å². The van der Waals surface area contributed by atoms with Crippen molar-refractivity contribution in [2.75, 3.05) is 19.6 Å². The summed E-state index contributed by atoms with van der Waals surface area (Å²) in [5.41, 5.74) is 1.09. The Kier molecular flexibility index (Phi) is 8.26. The summed E-state index contributed by atoms with van der Waals surface area (Å²) in [6.45, 7) is 8.67. The van der Waals surface area contributed by atoms with Gasteiger partial charge in [0.2, 0.25) is 11.8 Å². The van der Waals surface area contributed by atoms with Crippen molar-refractivity contribution in [3.8, 4) is 0 Å². The van der Waals surface area contributed by atoms with E-state index >= 15 is 0 Å². The Balaban J connectivity index is 2.61. The summed E-state index contributed by atoms with van der Waals surface area (Å²) in [5, 5.41) is 0. The topological polar surface area (TPSA) is 40.6 Å². The lowest BCUT2D eigenvalue weighted by Crippen LogP contribution is -2.38. The average molecular weight is 304 g/mol. The van der Waals surface area contributed by atoms with Crippen LogP contribution in [0, 0.1) is 0 Å². The molecule has 2 amide bonds. The summed E-state index contributed by atoms with van der Waals surface area (Å²) in [6.07, 6.45) is 1.81. The monoisotopic (exact) mass is 304 g/mol. The number of nitrogens with zero attached hydrogens (tertiary/aromatic N) is 2. The number of benzene rings is 1. The van der Waals surface area contributed by atoms with Gasteiger partial charge in [-0.15, -0.1) is 0 Å². The van der Waals surface area contributed by atoms with E-state index in [4.69, 9.17) is 0 Å². The van der Waals surface area contributed by atoms with Crippen molar-refractivity contribution in [3.63, 3.8) is 0 Å². The lowest BCUT2D eigenvalue weighted by Gasteiger charge is -2.24. The van der Waals surface area contributed by atoms with Gasteiger partial charge in [-0.1, -0.05) is 44.2 Å². The zero-order valence-corrected chi connectivity index (χ0v) is 14.0. The number of carbonyl (C=O) groups is 2. The highest BCUT2D eigenvalue weighted by Gasteiger charge is 2.20. The van der Waals surface area contributed by atoms with E-state index < -0.39 is 0 Å². The molecule has 4 heteroatoms. The summed E-state index contributed by atoms with van der Waals surface area (Å²) < 4.78 is 0. The molecule has 22 heavy (non-hydrogen) atoms. The molecule has 4 nitrogen and oxygen atoms in total. The van der Waals surface area contributed by atoms with Gasteiger partial charge in [0.05, 0.1) is 0 Å². The second kappa shape index (κ2) is 9.98. The zero-order valence-electron chi connectivity index (χ0n) is 14.0. The Morgan fingerprint density at radius 3 is 1.91 bits per heavy atom. The third kappa shape index (κ3) is 5.88. The SMILES string of the molecule is CCCN(CCC)C(=O)CC(=O)N(CC)Cc1ccccc1. The zero-order chi connectivity index (χ0) is 16.4. The lowest BCUT2D eigenvalue weighted by molar-refractivity contribution is -0.140. The lowest BCUT2D eigenvalue weighted by atomic mass is 10.2. The highest BCUT2D eigenvalue weighted by Crippen LogP contribution is 2.07. The highest BCUT2D eigenvalue weighted by molar-refractivity contribution is 5.96. The Bertz CT molecular complexity index is 453. The number of hydrogen-bond donors (Lipinski definition) is 0. The van der Waals surface area contributed by atoms with E-state index in [9.17, 15) is 9.59 Å². The van der Waals surface area contributed by atoms with Crippen LogP contribution in [-0.2, 0) is 16.1 Å². The van der Waals surface area contributed by atoms with E-state index in [1.165, 1.54) is 0 Å². The van der Waals surface area contributed by atoms with E-state index in [1.54, 1.807) is 9.80 Å². The largest absolute Gasteiger partial charge is 0.342 e. The van der Waals surface area contributed by atoms with Crippen LogP contribution < -0.4 is 0 Å². The maximum atomic E-state index is 12.4. The first-order valence-electron chi connectivity index (χ1n) is 8.21. The Hall–Kier alpha value is -1.84. The van der Waals surface area contributed by atoms with Crippen molar-refractivity contribution >= 4 is 11.8 Å². The minimum atomic E-state index is -0.0893. The van der Waals surface area contributed by atoms with Crippen LogP contribution in [0.15, 0.2) is 30.3 Å². The fraction of sp³-hybridized carbons (Fsp3) is 0.556. The fourth-order valence-corrected chi connectivity index (χ4v) is 2.43. The minimum absolute atomic E-state index is 0.0271. The van der Waals surface area contributed by atoms with E-state index in [0.717, 1.165) is 31.5 Å². The van der Waals surface area contributed by atoms with Gasteiger partial charge in [-0.2, -0.15) is 0 Å². The van der Waals surface area contributed by atoms with Crippen molar-refractivity contribution in [3.05, 3.63) is 35.9 Å². The van der Waals surface area contributed by atoms with Crippen LogP contribution in [0.1, 0.15) is 45.6 Å². The first-order chi connectivity index (χ1) is 10.6. The number of amides is 2. The molecule has 1 rings (SSSR count). The number of hydrogen-bond acceptors (Lipinski definition) is 2. The first-order valence-corrected chi connectivity index (χ1v) is 8.21. The predicted octanol–water partition coefficient (Wildman–Crippen LogP) is 3.07. The number of carbonyl (C=O) groups excluding carboxylic acids is 2. The van der Waals surface area contributed by atoms with Gasteiger partial charge in [0.1, 0.15) is 6.42 Å². The van der Waals surface area contributed by atoms with Crippen LogP contribution in [-0.4, -0.2) is 41.2 Å². The van der Waals surface area contributed by atoms with Gasteiger partial charge in [0.15, 0.2) is 0 Å². The van der Waals surface area contributed by atoms with E-state index in [-0.39, 0.29) is 18.2 Å². The van der Waals surface area contributed by atoms with Crippen LogP contribution in [0.4, 0.5) is 0 Å². The quantitative estimate of drug-likeness (QED) is 0.658. The molecule has 1 aromatic carbocycles. The van der Waals surface area contributed by atoms with Gasteiger partial charge in [0, 0.05) is 26.2 Å². The standard InChI is InChI=1S/C18H28N2O2/c1-4-12-20(13-5-2)18(22)14-17(21)19(6-3)15-16-10-8-7-9-11-16/h7-11H,4-6,12-15H2,1-3H3. The van der Waals surface area contributed by atoms with Gasteiger partial charge in [-0.05, 0) is 25.3 Å². The molecule has 122 valence electrons. The van der Waals surface area contributed by atoms with Gasteiger partial charge in [-0.3, -0.25) is 9.59 Å². The maximum absolute atomic E-state index is 12.4. The molecule has 0 fully saturated rings. The van der Waals surface area contributed by atoms with Crippen LogP contribution in [0.3, 0.4) is 0 Å². The Morgan fingerprint density at radius 1 is 0.864 bits per heavy atom. The summed E-state index contributed by atoms with van der Waals surface area (Å²) in [7, 11) is 0. The molecule has 0 atom stereocenters. The minimum Gasteiger partial charge on any atom is -0.342 e. The predicted molar refractivity (Wildman–Crippen MR) is 89.3 cm³/mol. The molecule has 0 aliphatic rings. The van der Waals surface area contributed by atoms with E-state index in [2.05, 4.69) is 0 Å². The molecular formula is C18H28N2O2. The maximum Gasteiger partial charge on any atom is 0.232 e. The second-order valence-corrected chi connectivity index (χ2v) is 5.45. The highest BCUT2D eigenvalue weighted by atomic mass is 16.2. The molecule has 0 saturated heterocycles. The van der Waals surface area contributed by atoms with Gasteiger partial charge in [0.25, 0.3) is 0 Å². The molecule has 0 heterocycles. The summed E-state index contributed by atoms with van der Waals surface area (Å²) in [4.78, 5) is 28.2. The van der Waals surface area contributed by atoms with Crippen molar-refractivity contribution in [2.24, 2.45) is 0 Å². The van der Waals surface area contributed by atoms with Crippen LogP contribution in [0.5, 0.6) is 0 Å². The molecule has 0 aliphatic carbocycles. The Morgan fingerprint density at radius 2 is 1.41 bits per heavy atom. The third-order valence-electron chi connectivity index (χ3n) is 3.59. The average Bonchev–Trinajstić information content (AvgIpc) is 2.53. The van der Waals surface area contributed by atoms with Crippen LogP contribution in [0.25, 0.3) is 0 Å². The van der Waals surface area contributed by atoms with Gasteiger partial charge in [-0.25, -0.2) is 0 Å². The van der Waals surface area contributed by atoms with Crippen molar-refractivity contribution in [2.45, 2.75) is 46.6 Å². The molecule has 0 N–H and O–H groups in total. The summed E-state index contributed by atoms with van der Waals surface area (Å²) >= 11 is 0. The van der Waals surface area contributed by atoms with Crippen molar-refractivity contribution in [1.29, 1.82) is 0 Å². The third-order valence-corrected chi connectivity index (χ3v) is 3.59. The Labute approximate surface area is 134 Å². The molecule has 0 spiro atoms. The van der Waals surface area contributed by atoms with Gasteiger partial charge >= 0.3 is 0 Å². The van der Waals surface area contributed by atoms with Gasteiger partial charge < -0.3 is 9.80 Å². The van der Waals surface area contributed by atoms with Crippen LogP contribution >= 0.6 is 0 Å². The summed E-state index contributed by atoms with van der Waals surface area (Å²) in [6, 6.07) is 9.88. The smallest absolute Gasteiger partial charge is 0.232 e. The number of rotatable bonds is 9. The van der Waals surface area contributed by atoms with Crippen molar-refractivity contribution in [1.82, 2.24) is 9.80 Å². The summed E-state index contributed by atoms with van der Waals surface area (Å²) in [5.74, 6) is -0.145. The van der Waals surface area contributed by atoms with E-state index in [1.807, 2.05) is 51.1 Å². The molecule has 0 aliphatic heterocycles. The fourth-order valence-electron chi connectivity index (χ4n) is 2.43. The molecule has 0 bridgehead atoms. The first kappa shape index (κ1) is 18.2. The molecule has 1 aromatic rings. The molecule has 0 unspecified atom stereocenters. The normalized spacial score (nSPS) is 10.3.